The van der Waals surface area contributed by atoms with Gasteiger partial charge in [-0.3, -0.25) is 4.79 Å². The Morgan fingerprint density at radius 1 is 1.47 bits per heavy atom. The third-order valence-electron chi connectivity index (χ3n) is 2.27. The second kappa shape index (κ2) is 5.39. The van der Waals surface area contributed by atoms with Crippen molar-refractivity contribution in [1.82, 2.24) is 5.32 Å². The van der Waals surface area contributed by atoms with E-state index >= 15 is 0 Å². The first-order chi connectivity index (χ1) is 7.19. The van der Waals surface area contributed by atoms with Gasteiger partial charge in [-0.15, -0.1) is 0 Å². The van der Waals surface area contributed by atoms with Crippen LogP contribution >= 0.6 is 0 Å². The number of carbonyl (C=O) groups is 1. The van der Waals surface area contributed by atoms with Crippen molar-refractivity contribution in [3.8, 4) is 5.75 Å². The van der Waals surface area contributed by atoms with Crippen molar-refractivity contribution in [3.05, 3.63) is 29.8 Å². The van der Waals surface area contributed by atoms with E-state index in [1.54, 1.807) is 14.0 Å². The lowest BCUT2D eigenvalue weighted by atomic mass is 10.1. The van der Waals surface area contributed by atoms with Gasteiger partial charge in [-0.25, -0.2) is 0 Å². The summed E-state index contributed by atoms with van der Waals surface area (Å²) >= 11 is 0. The Kier molecular flexibility index (Phi) is 4.16. The number of aryl methyl sites for hydroxylation is 1. The minimum absolute atomic E-state index is 0.110. The number of amides is 1. The van der Waals surface area contributed by atoms with Gasteiger partial charge in [0, 0.05) is 7.05 Å². The first-order valence-electron chi connectivity index (χ1n) is 5.15. The van der Waals surface area contributed by atoms with E-state index in [2.05, 4.69) is 12.2 Å². The normalized spacial score (nSPS) is 11.9. The van der Waals surface area contributed by atoms with Crippen molar-refractivity contribution in [3.63, 3.8) is 0 Å². The molecule has 0 aliphatic heterocycles. The molecule has 1 atom stereocenters. The molecule has 15 heavy (non-hydrogen) atoms. The molecule has 0 unspecified atom stereocenters. The largest absolute Gasteiger partial charge is 0.481 e. The zero-order chi connectivity index (χ0) is 11.3. The fraction of sp³-hybridized carbons (Fsp3) is 0.417. The molecule has 0 fully saturated rings. The number of rotatable bonds is 4. The molecule has 3 nitrogen and oxygen atoms in total. The number of para-hydroxylation sites is 1. The summed E-state index contributed by atoms with van der Waals surface area (Å²) in [5.74, 6) is 0.678. The number of benzene rings is 1. The highest BCUT2D eigenvalue weighted by Gasteiger charge is 2.13. The Labute approximate surface area is 90.4 Å². The zero-order valence-corrected chi connectivity index (χ0v) is 9.41. The maximum Gasteiger partial charge on any atom is 0.260 e. The molecule has 1 rings (SSSR count). The highest BCUT2D eigenvalue weighted by Crippen LogP contribution is 2.19. The minimum atomic E-state index is -0.456. The van der Waals surface area contributed by atoms with Gasteiger partial charge in [0.25, 0.3) is 5.91 Å². The summed E-state index contributed by atoms with van der Waals surface area (Å²) in [5, 5.41) is 2.56. The predicted octanol–water partition coefficient (Wildman–Crippen LogP) is 1.76. The zero-order valence-electron chi connectivity index (χ0n) is 9.41. The molecule has 1 N–H and O–H groups in total. The molecule has 0 aliphatic rings. The maximum atomic E-state index is 11.3. The molecule has 0 saturated carbocycles. The molecule has 1 aromatic rings. The van der Waals surface area contributed by atoms with Crippen LogP contribution in [0.2, 0.25) is 0 Å². The number of carbonyl (C=O) groups excluding carboxylic acids is 1. The molecule has 1 amide bonds. The molecule has 0 heterocycles. The molecular formula is C12H17NO2. The fourth-order valence-corrected chi connectivity index (χ4v) is 1.36. The number of hydrogen-bond acceptors (Lipinski definition) is 2. The van der Waals surface area contributed by atoms with Crippen molar-refractivity contribution >= 4 is 5.91 Å². The van der Waals surface area contributed by atoms with Crippen LogP contribution in [0.5, 0.6) is 5.75 Å². The van der Waals surface area contributed by atoms with E-state index in [0.717, 1.165) is 17.7 Å². The summed E-state index contributed by atoms with van der Waals surface area (Å²) in [7, 11) is 1.61. The van der Waals surface area contributed by atoms with Crippen LogP contribution in [0.3, 0.4) is 0 Å². The Morgan fingerprint density at radius 3 is 2.73 bits per heavy atom. The molecule has 0 aromatic heterocycles. The Morgan fingerprint density at radius 2 is 2.13 bits per heavy atom. The van der Waals surface area contributed by atoms with Crippen molar-refractivity contribution < 1.29 is 9.53 Å². The van der Waals surface area contributed by atoms with Gasteiger partial charge in [-0.1, -0.05) is 25.1 Å². The van der Waals surface area contributed by atoms with Gasteiger partial charge in [-0.2, -0.15) is 0 Å². The first-order valence-corrected chi connectivity index (χ1v) is 5.15. The van der Waals surface area contributed by atoms with Crippen LogP contribution in [-0.2, 0) is 11.2 Å². The van der Waals surface area contributed by atoms with E-state index in [4.69, 9.17) is 4.74 Å². The third-order valence-corrected chi connectivity index (χ3v) is 2.27. The van der Waals surface area contributed by atoms with Gasteiger partial charge in [0.2, 0.25) is 0 Å². The Hall–Kier alpha value is -1.51. The average Bonchev–Trinajstić information content (AvgIpc) is 2.28. The summed E-state index contributed by atoms with van der Waals surface area (Å²) in [6, 6.07) is 7.77. The fourth-order valence-electron chi connectivity index (χ4n) is 1.36. The third kappa shape index (κ3) is 2.98. The molecule has 0 spiro atoms. The molecule has 82 valence electrons. The van der Waals surface area contributed by atoms with Crippen LogP contribution in [0.25, 0.3) is 0 Å². The SMILES string of the molecule is CCc1ccccc1O[C@@H](C)C(=O)NC. The average molecular weight is 207 g/mol. The summed E-state index contributed by atoms with van der Waals surface area (Å²) in [6.45, 7) is 3.80. The summed E-state index contributed by atoms with van der Waals surface area (Å²) in [5.41, 5.74) is 1.12. The minimum Gasteiger partial charge on any atom is -0.481 e. The van der Waals surface area contributed by atoms with Crippen molar-refractivity contribution in [2.24, 2.45) is 0 Å². The molecule has 0 radical (unpaired) electrons. The number of ether oxygens (including phenoxy) is 1. The lowest BCUT2D eigenvalue weighted by Crippen LogP contribution is -2.33. The predicted molar refractivity (Wildman–Crippen MR) is 60.0 cm³/mol. The quantitative estimate of drug-likeness (QED) is 0.817. The van der Waals surface area contributed by atoms with Gasteiger partial charge in [-0.05, 0) is 25.0 Å². The van der Waals surface area contributed by atoms with Crippen LogP contribution in [0.4, 0.5) is 0 Å². The topological polar surface area (TPSA) is 38.3 Å². The highest BCUT2D eigenvalue weighted by atomic mass is 16.5. The first kappa shape index (κ1) is 11.6. The maximum absolute atomic E-state index is 11.3. The number of likely N-dealkylation sites (N-methyl/N-ethyl adjacent to an activating group) is 1. The molecular weight excluding hydrogens is 190 g/mol. The van der Waals surface area contributed by atoms with E-state index in [0.29, 0.717) is 0 Å². The standard InChI is InChI=1S/C12H17NO2/c1-4-10-7-5-6-8-11(10)15-9(2)12(14)13-3/h5-9H,4H2,1-3H3,(H,13,14)/t9-/m0/s1. The summed E-state index contributed by atoms with van der Waals surface area (Å²) in [6.07, 6.45) is 0.444. The smallest absolute Gasteiger partial charge is 0.260 e. The van der Waals surface area contributed by atoms with Crippen LogP contribution in [0.1, 0.15) is 19.4 Å². The number of hydrogen-bond donors (Lipinski definition) is 1. The second-order valence-electron chi connectivity index (χ2n) is 3.34. The Balaban J connectivity index is 2.75. The Bertz CT molecular complexity index is 336. The van der Waals surface area contributed by atoms with Crippen molar-refractivity contribution in [2.75, 3.05) is 7.05 Å². The van der Waals surface area contributed by atoms with E-state index in [-0.39, 0.29) is 5.91 Å². The van der Waals surface area contributed by atoms with Gasteiger partial charge in [0.15, 0.2) is 6.10 Å². The van der Waals surface area contributed by atoms with Crippen LogP contribution < -0.4 is 10.1 Å². The van der Waals surface area contributed by atoms with E-state index < -0.39 is 6.10 Å². The van der Waals surface area contributed by atoms with Crippen molar-refractivity contribution in [1.29, 1.82) is 0 Å². The van der Waals surface area contributed by atoms with E-state index in [1.807, 2.05) is 24.3 Å². The van der Waals surface area contributed by atoms with Gasteiger partial charge >= 0.3 is 0 Å². The van der Waals surface area contributed by atoms with Crippen LogP contribution in [0.15, 0.2) is 24.3 Å². The van der Waals surface area contributed by atoms with Gasteiger partial charge in [0.1, 0.15) is 5.75 Å². The van der Waals surface area contributed by atoms with Crippen molar-refractivity contribution in [2.45, 2.75) is 26.4 Å². The molecule has 0 saturated heterocycles. The molecule has 0 bridgehead atoms. The molecule has 3 heteroatoms. The lowest BCUT2D eigenvalue weighted by Gasteiger charge is -2.15. The monoisotopic (exact) mass is 207 g/mol. The van der Waals surface area contributed by atoms with Crippen LogP contribution in [-0.4, -0.2) is 19.1 Å². The summed E-state index contributed by atoms with van der Waals surface area (Å²) < 4.78 is 5.58. The molecule has 0 aliphatic carbocycles. The van der Waals surface area contributed by atoms with Gasteiger partial charge < -0.3 is 10.1 Å². The summed E-state index contributed by atoms with van der Waals surface area (Å²) in [4.78, 5) is 11.3. The lowest BCUT2D eigenvalue weighted by molar-refractivity contribution is -0.126. The number of nitrogens with one attached hydrogen (secondary N) is 1. The van der Waals surface area contributed by atoms with E-state index in [9.17, 15) is 4.79 Å². The highest BCUT2D eigenvalue weighted by molar-refractivity contribution is 5.80. The second-order valence-corrected chi connectivity index (χ2v) is 3.34. The molecule has 1 aromatic carbocycles. The van der Waals surface area contributed by atoms with Crippen LogP contribution in [0, 0.1) is 0 Å². The van der Waals surface area contributed by atoms with Gasteiger partial charge in [0.05, 0.1) is 0 Å². The van der Waals surface area contributed by atoms with E-state index in [1.165, 1.54) is 0 Å².